The van der Waals surface area contributed by atoms with Crippen LogP contribution in [0.25, 0.3) is 0 Å². The van der Waals surface area contributed by atoms with Gasteiger partial charge in [-0.15, -0.1) is 16.4 Å². The quantitative estimate of drug-likeness (QED) is 0.748. The fourth-order valence-corrected chi connectivity index (χ4v) is 4.13. The Labute approximate surface area is 128 Å². The summed E-state index contributed by atoms with van der Waals surface area (Å²) in [6.45, 7) is 5.33. The van der Waals surface area contributed by atoms with Gasteiger partial charge in [0.25, 0.3) is 0 Å². The van der Waals surface area contributed by atoms with E-state index in [0.717, 1.165) is 4.88 Å². The Bertz CT molecular complexity index is 649. The number of hydrogen-bond donors (Lipinski definition) is 2. The normalized spacial score (nSPS) is 12.1. The minimum Gasteiger partial charge on any atom is -0.310 e. The van der Waals surface area contributed by atoms with Crippen LogP contribution in [-0.4, -0.2) is 36.0 Å². The fraction of sp³-hybridized carbons (Fsp3) is 0.500. The molecular weight excluding hydrogens is 310 g/mol. The first kappa shape index (κ1) is 16.1. The summed E-state index contributed by atoms with van der Waals surface area (Å²) in [6, 6.07) is 1.95. The van der Waals surface area contributed by atoms with Crippen molar-refractivity contribution in [2.75, 3.05) is 6.54 Å². The Balaban J connectivity index is 1.97. The van der Waals surface area contributed by atoms with Crippen LogP contribution in [0, 0.1) is 0 Å². The number of nitrogens with one attached hydrogen (secondary N) is 2. The van der Waals surface area contributed by atoms with Crippen LogP contribution in [0.15, 0.2) is 28.7 Å². The Morgan fingerprint density at radius 3 is 2.90 bits per heavy atom. The van der Waals surface area contributed by atoms with Crippen molar-refractivity contribution in [3.8, 4) is 0 Å². The van der Waals surface area contributed by atoms with Gasteiger partial charge in [-0.1, -0.05) is 19.1 Å². The van der Waals surface area contributed by atoms with E-state index in [9.17, 15) is 8.42 Å². The number of rotatable bonds is 8. The van der Waals surface area contributed by atoms with E-state index in [4.69, 9.17) is 0 Å². The minimum absolute atomic E-state index is 0.276. The highest BCUT2D eigenvalue weighted by Gasteiger charge is 2.19. The molecule has 0 radical (unpaired) electrons. The van der Waals surface area contributed by atoms with Gasteiger partial charge in [0.05, 0.1) is 17.6 Å². The van der Waals surface area contributed by atoms with Crippen molar-refractivity contribution in [1.82, 2.24) is 25.0 Å². The van der Waals surface area contributed by atoms with E-state index >= 15 is 0 Å². The Kier molecular flexibility index (Phi) is 5.45. The molecule has 2 heterocycles. The molecule has 0 unspecified atom stereocenters. The molecule has 2 N–H and O–H groups in total. The SMILES string of the molecule is CC(C)NCc1sccc1S(=O)(=O)NCCn1ccnn1. The van der Waals surface area contributed by atoms with Crippen LogP contribution in [0.2, 0.25) is 0 Å². The number of hydrogen-bond acceptors (Lipinski definition) is 6. The molecule has 7 nitrogen and oxygen atoms in total. The molecule has 0 fully saturated rings. The molecule has 0 aliphatic heterocycles. The van der Waals surface area contributed by atoms with Crippen molar-refractivity contribution in [3.63, 3.8) is 0 Å². The maximum atomic E-state index is 12.3. The molecule has 0 bridgehead atoms. The van der Waals surface area contributed by atoms with Crippen LogP contribution in [0.4, 0.5) is 0 Å². The lowest BCUT2D eigenvalue weighted by molar-refractivity contribution is 0.550. The largest absolute Gasteiger partial charge is 0.310 e. The van der Waals surface area contributed by atoms with Crippen molar-refractivity contribution < 1.29 is 8.42 Å². The lowest BCUT2D eigenvalue weighted by Crippen LogP contribution is -2.29. The van der Waals surface area contributed by atoms with E-state index in [1.54, 1.807) is 28.5 Å². The first-order chi connectivity index (χ1) is 9.99. The van der Waals surface area contributed by atoms with Gasteiger partial charge in [0.2, 0.25) is 10.0 Å². The summed E-state index contributed by atoms with van der Waals surface area (Å²) in [5, 5.41) is 12.5. The molecule has 0 aliphatic carbocycles. The predicted octanol–water partition coefficient (Wildman–Crippen LogP) is 0.816. The summed E-state index contributed by atoms with van der Waals surface area (Å²) < 4.78 is 28.8. The van der Waals surface area contributed by atoms with E-state index < -0.39 is 10.0 Å². The lowest BCUT2D eigenvalue weighted by atomic mass is 10.4. The van der Waals surface area contributed by atoms with Gasteiger partial charge in [-0.05, 0) is 11.4 Å². The zero-order valence-electron chi connectivity index (χ0n) is 12.0. The van der Waals surface area contributed by atoms with E-state index in [2.05, 4.69) is 20.4 Å². The van der Waals surface area contributed by atoms with Gasteiger partial charge in [0.15, 0.2) is 0 Å². The zero-order chi connectivity index (χ0) is 15.3. The molecule has 21 heavy (non-hydrogen) atoms. The average Bonchev–Trinajstić information content (AvgIpc) is 3.07. The highest BCUT2D eigenvalue weighted by atomic mass is 32.2. The molecule has 2 aromatic heterocycles. The molecule has 2 aromatic rings. The third-order valence-corrected chi connectivity index (χ3v) is 5.37. The molecule has 0 saturated carbocycles. The van der Waals surface area contributed by atoms with Gasteiger partial charge in [-0.25, -0.2) is 13.1 Å². The maximum Gasteiger partial charge on any atom is 0.241 e. The molecule has 0 spiro atoms. The Morgan fingerprint density at radius 2 is 2.24 bits per heavy atom. The van der Waals surface area contributed by atoms with Gasteiger partial charge in [0, 0.05) is 30.2 Å². The molecule has 0 atom stereocenters. The summed E-state index contributed by atoms with van der Waals surface area (Å²) in [7, 11) is -3.49. The van der Waals surface area contributed by atoms with E-state index in [-0.39, 0.29) is 6.54 Å². The summed E-state index contributed by atoms with van der Waals surface area (Å²) >= 11 is 1.44. The van der Waals surface area contributed by atoms with Crippen LogP contribution in [0.3, 0.4) is 0 Å². The van der Waals surface area contributed by atoms with E-state index in [1.807, 2.05) is 13.8 Å². The van der Waals surface area contributed by atoms with Gasteiger partial charge < -0.3 is 5.32 Å². The topological polar surface area (TPSA) is 88.9 Å². The van der Waals surface area contributed by atoms with Crippen molar-refractivity contribution >= 4 is 21.4 Å². The lowest BCUT2D eigenvalue weighted by Gasteiger charge is -2.10. The molecule has 0 saturated heterocycles. The molecule has 0 aromatic carbocycles. The summed E-state index contributed by atoms with van der Waals surface area (Å²) in [6.07, 6.45) is 3.25. The van der Waals surface area contributed by atoms with Gasteiger partial charge in [-0.3, -0.25) is 4.68 Å². The van der Waals surface area contributed by atoms with Crippen molar-refractivity contribution in [3.05, 3.63) is 28.7 Å². The third kappa shape index (κ3) is 4.60. The van der Waals surface area contributed by atoms with Crippen molar-refractivity contribution in [2.24, 2.45) is 0 Å². The molecule has 9 heteroatoms. The van der Waals surface area contributed by atoms with Gasteiger partial charge >= 0.3 is 0 Å². The zero-order valence-corrected chi connectivity index (χ0v) is 13.6. The first-order valence-electron chi connectivity index (χ1n) is 6.62. The molecular formula is C12H19N5O2S2. The average molecular weight is 329 g/mol. The van der Waals surface area contributed by atoms with Crippen LogP contribution in [-0.2, 0) is 23.1 Å². The smallest absolute Gasteiger partial charge is 0.241 e. The van der Waals surface area contributed by atoms with E-state index in [0.29, 0.717) is 24.0 Å². The maximum absolute atomic E-state index is 12.3. The molecule has 0 amide bonds. The number of sulfonamides is 1. The highest BCUT2D eigenvalue weighted by molar-refractivity contribution is 7.89. The number of thiophene rings is 1. The van der Waals surface area contributed by atoms with Crippen LogP contribution in [0.5, 0.6) is 0 Å². The van der Waals surface area contributed by atoms with Crippen LogP contribution < -0.4 is 10.0 Å². The second kappa shape index (κ2) is 7.12. The first-order valence-corrected chi connectivity index (χ1v) is 8.99. The number of nitrogens with zero attached hydrogens (tertiary/aromatic N) is 3. The summed E-state index contributed by atoms with van der Waals surface area (Å²) in [4.78, 5) is 1.16. The Morgan fingerprint density at radius 1 is 1.43 bits per heavy atom. The molecule has 0 aliphatic rings. The molecule has 116 valence electrons. The van der Waals surface area contributed by atoms with Crippen LogP contribution >= 0.6 is 11.3 Å². The van der Waals surface area contributed by atoms with Gasteiger partial charge in [0.1, 0.15) is 0 Å². The summed E-state index contributed by atoms with van der Waals surface area (Å²) in [5.74, 6) is 0. The van der Waals surface area contributed by atoms with Crippen LogP contribution in [0.1, 0.15) is 18.7 Å². The summed E-state index contributed by atoms with van der Waals surface area (Å²) in [5.41, 5.74) is 0. The minimum atomic E-state index is -3.49. The van der Waals surface area contributed by atoms with Crippen molar-refractivity contribution in [1.29, 1.82) is 0 Å². The Hall–Kier alpha value is -1.29. The monoisotopic (exact) mass is 329 g/mol. The van der Waals surface area contributed by atoms with Crippen molar-refractivity contribution in [2.45, 2.75) is 37.9 Å². The van der Waals surface area contributed by atoms with E-state index in [1.165, 1.54) is 11.3 Å². The number of aromatic nitrogens is 3. The fourth-order valence-electron chi connectivity index (χ4n) is 1.72. The predicted molar refractivity (Wildman–Crippen MR) is 81.5 cm³/mol. The third-order valence-electron chi connectivity index (χ3n) is 2.77. The second-order valence-electron chi connectivity index (χ2n) is 4.81. The second-order valence-corrected chi connectivity index (χ2v) is 7.54. The standard InChI is InChI=1S/C12H19N5O2S2/c1-10(2)13-9-11-12(3-8-20-11)21(18,19)15-5-7-17-6-4-14-16-17/h3-4,6,8,10,13,15H,5,7,9H2,1-2H3. The van der Waals surface area contributed by atoms with Gasteiger partial charge in [-0.2, -0.15) is 0 Å². The molecule has 2 rings (SSSR count). The highest BCUT2D eigenvalue weighted by Crippen LogP contribution is 2.21.